The zero-order chi connectivity index (χ0) is 9.26. The van der Waals surface area contributed by atoms with Gasteiger partial charge in [-0.2, -0.15) is 0 Å². The average molecular weight is 244 g/mol. The van der Waals surface area contributed by atoms with Crippen LogP contribution in [0.15, 0.2) is 21.2 Å². The minimum atomic E-state index is 0.707. The third kappa shape index (κ3) is 2.35. The molecular formula is C10H14BrNO. The lowest BCUT2D eigenvalue weighted by Crippen LogP contribution is -2.39. The van der Waals surface area contributed by atoms with Gasteiger partial charge in [-0.05, 0) is 46.8 Å². The van der Waals surface area contributed by atoms with Crippen LogP contribution < -0.4 is 5.32 Å². The summed E-state index contributed by atoms with van der Waals surface area (Å²) in [4.78, 5) is 0. The molecule has 0 bridgehead atoms. The van der Waals surface area contributed by atoms with E-state index in [2.05, 4.69) is 28.2 Å². The van der Waals surface area contributed by atoms with E-state index in [-0.39, 0.29) is 0 Å². The van der Waals surface area contributed by atoms with Gasteiger partial charge in [0.2, 0.25) is 0 Å². The molecule has 2 nitrogen and oxygen atoms in total. The molecule has 1 aliphatic carbocycles. The van der Waals surface area contributed by atoms with Crippen LogP contribution in [0.4, 0.5) is 0 Å². The molecule has 0 unspecified atom stereocenters. The number of hydrogen-bond donors (Lipinski definition) is 1. The first-order valence-corrected chi connectivity index (χ1v) is 5.51. The largest absolute Gasteiger partial charge is 0.453 e. The molecule has 2 rings (SSSR count). The Bertz CT molecular complexity index is 278. The van der Waals surface area contributed by atoms with Crippen LogP contribution in [-0.4, -0.2) is 6.04 Å². The number of nitrogens with one attached hydrogen (secondary N) is 1. The summed E-state index contributed by atoms with van der Waals surface area (Å²) in [5.41, 5.74) is 0. The lowest BCUT2D eigenvalue weighted by atomic mass is 9.82. The summed E-state index contributed by atoms with van der Waals surface area (Å²) in [6.45, 7) is 3.14. The highest BCUT2D eigenvalue weighted by Gasteiger charge is 2.24. The molecule has 1 aliphatic rings. The van der Waals surface area contributed by atoms with E-state index in [1.165, 1.54) is 12.8 Å². The van der Waals surface area contributed by atoms with Gasteiger partial charge in [-0.15, -0.1) is 0 Å². The van der Waals surface area contributed by atoms with E-state index in [0.29, 0.717) is 6.04 Å². The van der Waals surface area contributed by atoms with Crippen molar-refractivity contribution >= 4 is 15.9 Å². The minimum absolute atomic E-state index is 0.707. The van der Waals surface area contributed by atoms with Crippen LogP contribution in [0.5, 0.6) is 0 Å². The first-order valence-electron chi connectivity index (χ1n) is 4.71. The molecule has 0 spiro atoms. The molecular weight excluding hydrogens is 230 g/mol. The Morgan fingerprint density at radius 2 is 2.31 bits per heavy atom. The van der Waals surface area contributed by atoms with E-state index in [1.54, 1.807) is 0 Å². The standard InChI is InChI=1S/C10H14BrNO/c1-7-4-8(5-7)12-6-9-2-3-10(11)13-9/h2-3,7-8,12H,4-6H2,1H3. The van der Waals surface area contributed by atoms with Crippen LogP contribution in [0, 0.1) is 5.92 Å². The summed E-state index contributed by atoms with van der Waals surface area (Å²) in [5.74, 6) is 1.91. The van der Waals surface area contributed by atoms with E-state index in [4.69, 9.17) is 4.42 Å². The second-order valence-electron chi connectivity index (χ2n) is 3.86. The van der Waals surface area contributed by atoms with Crippen molar-refractivity contribution in [3.05, 3.63) is 22.6 Å². The van der Waals surface area contributed by atoms with Crippen molar-refractivity contribution in [2.24, 2.45) is 5.92 Å². The van der Waals surface area contributed by atoms with E-state index >= 15 is 0 Å². The maximum absolute atomic E-state index is 5.38. The Labute approximate surface area is 86.8 Å². The maximum atomic E-state index is 5.38. The first-order chi connectivity index (χ1) is 6.24. The fourth-order valence-electron chi connectivity index (χ4n) is 1.76. The van der Waals surface area contributed by atoms with Crippen molar-refractivity contribution in [2.45, 2.75) is 32.4 Å². The summed E-state index contributed by atoms with van der Waals surface area (Å²) in [5, 5.41) is 3.46. The van der Waals surface area contributed by atoms with Crippen LogP contribution in [0.3, 0.4) is 0 Å². The summed E-state index contributed by atoms with van der Waals surface area (Å²) in [7, 11) is 0. The van der Waals surface area contributed by atoms with Crippen molar-refractivity contribution in [3.63, 3.8) is 0 Å². The maximum Gasteiger partial charge on any atom is 0.169 e. The zero-order valence-corrected chi connectivity index (χ0v) is 9.30. The number of halogens is 1. The Kier molecular flexibility index (Phi) is 2.74. The summed E-state index contributed by atoms with van der Waals surface area (Å²) >= 11 is 3.29. The van der Waals surface area contributed by atoms with Crippen LogP contribution in [-0.2, 0) is 6.54 Å². The smallest absolute Gasteiger partial charge is 0.169 e. The molecule has 72 valence electrons. The fourth-order valence-corrected chi connectivity index (χ4v) is 2.10. The number of furan rings is 1. The van der Waals surface area contributed by atoms with E-state index < -0.39 is 0 Å². The second-order valence-corrected chi connectivity index (χ2v) is 4.64. The molecule has 0 aliphatic heterocycles. The van der Waals surface area contributed by atoms with Gasteiger partial charge in [0, 0.05) is 6.04 Å². The van der Waals surface area contributed by atoms with Crippen LogP contribution in [0.2, 0.25) is 0 Å². The van der Waals surface area contributed by atoms with Gasteiger partial charge in [-0.25, -0.2) is 0 Å². The van der Waals surface area contributed by atoms with Gasteiger partial charge >= 0.3 is 0 Å². The summed E-state index contributed by atoms with van der Waals surface area (Å²) < 4.78 is 6.19. The molecule has 1 N–H and O–H groups in total. The van der Waals surface area contributed by atoms with Crippen molar-refractivity contribution in [1.29, 1.82) is 0 Å². The molecule has 0 amide bonds. The van der Waals surface area contributed by atoms with Gasteiger partial charge in [0.1, 0.15) is 5.76 Å². The third-order valence-corrected chi connectivity index (χ3v) is 2.99. The van der Waals surface area contributed by atoms with Crippen molar-refractivity contribution < 1.29 is 4.42 Å². The molecule has 1 saturated carbocycles. The molecule has 1 heterocycles. The molecule has 3 heteroatoms. The molecule has 13 heavy (non-hydrogen) atoms. The molecule has 0 atom stereocenters. The highest BCUT2D eigenvalue weighted by molar-refractivity contribution is 9.10. The molecule has 0 aromatic carbocycles. The monoisotopic (exact) mass is 243 g/mol. The highest BCUT2D eigenvalue weighted by atomic mass is 79.9. The van der Waals surface area contributed by atoms with Crippen LogP contribution in [0.1, 0.15) is 25.5 Å². The fraction of sp³-hybridized carbons (Fsp3) is 0.600. The zero-order valence-electron chi connectivity index (χ0n) is 7.72. The summed E-state index contributed by atoms with van der Waals surface area (Å²) in [6, 6.07) is 4.64. The molecule has 1 fully saturated rings. The Balaban J connectivity index is 1.74. The SMILES string of the molecule is CC1CC(NCc2ccc(Br)o2)C1. The predicted molar refractivity (Wildman–Crippen MR) is 55.4 cm³/mol. The van der Waals surface area contributed by atoms with Crippen molar-refractivity contribution in [3.8, 4) is 0 Å². The third-order valence-electron chi connectivity index (χ3n) is 2.57. The van der Waals surface area contributed by atoms with E-state index in [1.807, 2.05) is 12.1 Å². The minimum Gasteiger partial charge on any atom is -0.453 e. The summed E-state index contributed by atoms with van der Waals surface area (Å²) in [6.07, 6.45) is 2.61. The van der Waals surface area contributed by atoms with Crippen LogP contribution in [0.25, 0.3) is 0 Å². The normalized spacial score (nSPS) is 27.2. The van der Waals surface area contributed by atoms with E-state index in [0.717, 1.165) is 22.9 Å². The Morgan fingerprint density at radius 1 is 1.54 bits per heavy atom. The van der Waals surface area contributed by atoms with Crippen molar-refractivity contribution in [2.75, 3.05) is 0 Å². The molecule has 0 radical (unpaired) electrons. The molecule has 1 aromatic heterocycles. The number of hydrogen-bond acceptors (Lipinski definition) is 2. The Morgan fingerprint density at radius 3 is 2.85 bits per heavy atom. The topological polar surface area (TPSA) is 25.2 Å². The average Bonchev–Trinajstić information content (AvgIpc) is 2.43. The van der Waals surface area contributed by atoms with Gasteiger partial charge in [0.15, 0.2) is 4.67 Å². The lowest BCUT2D eigenvalue weighted by Gasteiger charge is -2.33. The number of rotatable bonds is 3. The highest BCUT2D eigenvalue weighted by Crippen LogP contribution is 2.26. The molecule has 1 aromatic rings. The van der Waals surface area contributed by atoms with E-state index in [9.17, 15) is 0 Å². The predicted octanol–water partition coefficient (Wildman–Crippen LogP) is 2.93. The lowest BCUT2D eigenvalue weighted by molar-refractivity contribution is 0.235. The van der Waals surface area contributed by atoms with Gasteiger partial charge < -0.3 is 9.73 Å². The second kappa shape index (κ2) is 3.84. The quantitative estimate of drug-likeness (QED) is 0.884. The van der Waals surface area contributed by atoms with Gasteiger partial charge in [0.05, 0.1) is 6.54 Å². The van der Waals surface area contributed by atoms with Gasteiger partial charge in [0.25, 0.3) is 0 Å². The molecule has 0 saturated heterocycles. The van der Waals surface area contributed by atoms with Gasteiger partial charge in [-0.1, -0.05) is 6.92 Å². The van der Waals surface area contributed by atoms with Gasteiger partial charge in [-0.3, -0.25) is 0 Å². The van der Waals surface area contributed by atoms with Crippen LogP contribution >= 0.6 is 15.9 Å². The Hall–Kier alpha value is -0.280. The first kappa shape index (κ1) is 9.28. The van der Waals surface area contributed by atoms with Crippen molar-refractivity contribution in [1.82, 2.24) is 5.32 Å².